The van der Waals surface area contributed by atoms with Crippen LogP contribution < -0.4 is 0 Å². The molecule has 0 aromatic carbocycles. The third-order valence-corrected chi connectivity index (χ3v) is 6.34. The Morgan fingerprint density at radius 3 is 2.25 bits per heavy atom. The number of hydrogen-bond acceptors (Lipinski definition) is 4. The lowest BCUT2D eigenvalue weighted by Gasteiger charge is -2.32. The summed E-state index contributed by atoms with van der Waals surface area (Å²) in [6, 6.07) is 1.81. The Kier molecular flexibility index (Phi) is 8.15. The molecule has 0 aliphatic heterocycles. The Morgan fingerprint density at radius 1 is 1.30 bits per heavy atom. The molecule has 0 saturated heterocycles. The van der Waals surface area contributed by atoms with E-state index in [2.05, 4.69) is 0 Å². The Morgan fingerprint density at radius 2 is 1.85 bits per heavy atom. The summed E-state index contributed by atoms with van der Waals surface area (Å²) in [4.78, 5) is 0. The van der Waals surface area contributed by atoms with E-state index >= 15 is 0 Å². The van der Waals surface area contributed by atoms with Crippen LogP contribution >= 0.6 is 35.1 Å². The van der Waals surface area contributed by atoms with Crippen molar-refractivity contribution in [2.75, 3.05) is 5.75 Å². The fourth-order valence-electron chi connectivity index (χ4n) is 1.45. The van der Waals surface area contributed by atoms with Crippen molar-refractivity contribution in [3.05, 3.63) is 0 Å². The molecule has 0 heterocycles. The first-order valence-corrected chi connectivity index (χ1v) is 9.30. The van der Waals surface area contributed by atoms with Crippen molar-refractivity contribution in [2.45, 2.75) is 55.9 Å². The maximum Gasteiger partial charge on any atom is 0.319 e. The van der Waals surface area contributed by atoms with Gasteiger partial charge in [0, 0.05) is 11.9 Å². The highest BCUT2D eigenvalue weighted by atomic mass is 35.5. The van der Waals surface area contributed by atoms with Crippen LogP contribution in [-0.4, -0.2) is 27.3 Å². The van der Waals surface area contributed by atoms with Crippen molar-refractivity contribution in [3.63, 3.8) is 0 Å². The lowest BCUT2D eigenvalue weighted by molar-refractivity contribution is 0.416. The first-order chi connectivity index (χ1) is 8.96. The molecule has 0 spiro atoms. The summed E-state index contributed by atoms with van der Waals surface area (Å²) in [5.41, 5.74) is -1.45. The van der Waals surface area contributed by atoms with E-state index in [1.807, 2.05) is 13.0 Å². The molecule has 0 bridgehead atoms. The summed E-state index contributed by atoms with van der Waals surface area (Å²) >= 11 is 10.5. The van der Waals surface area contributed by atoms with Gasteiger partial charge >= 0.3 is 3.92 Å². The van der Waals surface area contributed by atoms with Crippen molar-refractivity contribution < 1.29 is 12.8 Å². The zero-order valence-electron chi connectivity index (χ0n) is 11.7. The maximum absolute atomic E-state index is 13.4. The molecule has 0 N–H and O–H groups in total. The van der Waals surface area contributed by atoms with Gasteiger partial charge in [0.15, 0.2) is 0 Å². The molecule has 0 aliphatic carbocycles. The monoisotopic (exact) mass is 364 g/mol. The third kappa shape index (κ3) is 7.32. The van der Waals surface area contributed by atoms with Crippen molar-refractivity contribution in [2.24, 2.45) is 0 Å². The van der Waals surface area contributed by atoms with E-state index in [-0.39, 0.29) is 17.7 Å². The van der Waals surface area contributed by atoms with Crippen LogP contribution in [0.1, 0.15) is 46.5 Å². The summed E-state index contributed by atoms with van der Waals surface area (Å²) in [5.74, 6) is -0.172. The Bertz CT molecular complexity index is 444. The number of nitriles is 1. The van der Waals surface area contributed by atoms with Gasteiger partial charge in [-0.05, 0) is 20.3 Å². The molecule has 9 heteroatoms. The minimum atomic E-state index is -3.84. The van der Waals surface area contributed by atoms with Crippen LogP contribution in [0.25, 0.3) is 0 Å². The van der Waals surface area contributed by atoms with Crippen molar-refractivity contribution in [3.8, 4) is 6.07 Å². The van der Waals surface area contributed by atoms with Crippen LogP contribution in [0.2, 0.25) is 0 Å². The van der Waals surface area contributed by atoms with Gasteiger partial charge in [-0.15, -0.1) is 3.71 Å². The number of nitrogens with zero attached hydrogens (tertiary/aromatic N) is 2. The predicted octanol–water partition coefficient (Wildman–Crippen LogP) is 4.21. The molecule has 0 fully saturated rings. The van der Waals surface area contributed by atoms with E-state index in [9.17, 15) is 12.8 Å². The van der Waals surface area contributed by atoms with Gasteiger partial charge in [-0.1, -0.05) is 49.4 Å². The molecular formula is C11H19Cl2FN2O2S2. The molecule has 0 radical (unpaired) electrons. The van der Waals surface area contributed by atoms with Crippen LogP contribution in [-0.2, 0) is 10.0 Å². The molecule has 0 rings (SSSR count). The van der Waals surface area contributed by atoms with Crippen LogP contribution in [0.5, 0.6) is 0 Å². The fraction of sp³-hybridized carbons (Fsp3) is 0.909. The van der Waals surface area contributed by atoms with Crippen LogP contribution in [0.3, 0.4) is 0 Å². The highest BCUT2D eigenvalue weighted by molar-refractivity contribution is 8.10. The Balaban J connectivity index is 5.07. The van der Waals surface area contributed by atoms with Crippen LogP contribution in [0, 0.1) is 11.3 Å². The lowest BCUT2D eigenvalue weighted by Crippen LogP contribution is -2.44. The van der Waals surface area contributed by atoms with Gasteiger partial charge < -0.3 is 0 Å². The van der Waals surface area contributed by atoms with Crippen LogP contribution in [0.15, 0.2) is 0 Å². The Labute approximate surface area is 134 Å². The van der Waals surface area contributed by atoms with Gasteiger partial charge in [0.05, 0.1) is 11.8 Å². The molecule has 0 amide bonds. The lowest BCUT2D eigenvalue weighted by atomic mass is 10.1. The highest BCUT2D eigenvalue weighted by Gasteiger charge is 2.43. The minimum Gasteiger partial charge on any atom is -0.211 e. The van der Waals surface area contributed by atoms with Crippen LogP contribution in [0.4, 0.5) is 4.39 Å². The number of sulfonamides is 1. The van der Waals surface area contributed by atoms with Gasteiger partial charge in [0.25, 0.3) is 0 Å². The molecule has 0 saturated carbocycles. The van der Waals surface area contributed by atoms with Gasteiger partial charge in [-0.3, -0.25) is 0 Å². The molecule has 0 atom stereocenters. The van der Waals surface area contributed by atoms with E-state index in [0.717, 1.165) is 19.3 Å². The van der Waals surface area contributed by atoms with E-state index in [1.54, 1.807) is 0 Å². The molecule has 0 aromatic heterocycles. The fourth-order valence-corrected chi connectivity index (χ4v) is 5.02. The molecular weight excluding hydrogens is 346 g/mol. The van der Waals surface area contributed by atoms with Crippen molar-refractivity contribution in [1.29, 1.82) is 5.26 Å². The Hall–Kier alpha value is 0.260. The van der Waals surface area contributed by atoms with Gasteiger partial charge in [-0.2, -0.15) is 9.65 Å². The smallest absolute Gasteiger partial charge is 0.211 e. The summed E-state index contributed by atoms with van der Waals surface area (Å²) in [7, 11) is -3.84. The number of hydrogen-bond donors (Lipinski definition) is 0. The van der Waals surface area contributed by atoms with E-state index in [4.69, 9.17) is 28.5 Å². The summed E-state index contributed by atoms with van der Waals surface area (Å²) in [5, 5.41) is 9.06. The molecule has 20 heavy (non-hydrogen) atoms. The van der Waals surface area contributed by atoms with Crippen molar-refractivity contribution >= 4 is 45.2 Å². The van der Waals surface area contributed by atoms with Gasteiger partial charge in [-0.25, -0.2) is 8.42 Å². The predicted molar refractivity (Wildman–Crippen MR) is 82.6 cm³/mol. The zero-order chi connectivity index (χ0) is 16.0. The molecule has 0 aromatic rings. The average Bonchev–Trinajstić information content (AvgIpc) is 2.30. The number of rotatable bonds is 9. The van der Waals surface area contributed by atoms with Gasteiger partial charge in [0.2, 0.25) is 10.0 Å². The molecule has 118 valence electrons. The van der Waals surface area contributed by atoms with E-state index in [0.29, 0.717) is 10.1 Å². The average molecular weight is 365 g/mol. The minimum absolute atomic E-state index is 0.0912. The normalized spacial score (nSPS) is 13.5. The van der Waals surface area contributed by atoms with Crippen molar-refractivity contribution in [1.82, 2.24) is 3.71 Å². The first-order valence-electron chi connectivity index (χ1n) is 6.16. The van der Waals surface area contributed by atoms with E-state index < -0.39 is 19.5 Å². The number of alkyl halides is 3. The molecule has 0 aliphatic rings. The number of unbranched alkanes of at least 4 members (excludes halogenated alkanes) is 3. The largest absolute Gasteiger partial charge is 0.319 e. The quantitative estimate of drug-likeness (QED) is 0.349. The zero-order valence-corrected chi connectivity index (χ0v) is 14.8. The SMILES string of the molecule is CCCCCCS(=O)(=O)N(SC(F)(Cl)Cl)C(C)(C)C#N. The third-order valence-electron chi connectivity index (χ3n) is 2.42. The second kappa shape index (κ2) is 8.04. The van der Waals surface area contributed by atoms with Gasteiger partial charge in [0.1, 0.15) is 5.54 Å². The topological polar surface area (TPSA) is 61.2 Å². The maximum atomic E-state index is 13.4. The standard InChI is InChI=1S/C11H19Cl2FN2O2S2/c1-4-5-6-7-8-20(17,18)16(10(2,3)9-15)19-11(12,13)14/h4-8H2,1-3H3. The summed E-state index contributed by atoms with van der Waals surface area (Å²) < 4.78 is 35.7. The number of halogens is 3. The first kappa shape index (κ1) is 20.3. The molecule has 0 unspecified atom stereocenters. The summed E-state index contributed by atoms with van der Waals surface area (Å²) in [6.07, 6.45) is 3.09. The molecule has 4 nitrogen and oxygen atoms in total. The second-order valence-corrected chi connectivity index (χ2v) is 9.77. The summed E-state index contributed by atoms with van der Waals surface area (Å²) in [6.45, 7) is 4.74. The second-order valence-electron chi connectivity index (χ2n) is 4.81. The highest BCUT2D eigenvalue weighted by Crippen LogP contribution is 2.43. The van der Waals surface area contributed by atoms with E-state index in [1.165, 1.54) is 13.8 Å².